The summed E-state index contributed by atoms with van der Waals surface area (Å²) in [6.45, 7) is 1.55. The number of amides is 4. The fourth-order valence-corrected chi connectivity index (χ4v) is 5.00. The van der Waals surface area contributed by atoms with Crippen LogP contribution >= 0.6 is 0 Å². The second kappa shape index (κ2) is 10.3. The molecule has 6 nitrogen and oxygen atoms in total. The number of rotatable bonds is 8. The molecule has 1 atom stereocenters. The van der Waals surface area contributed by atoms with Gasteiger partial charge in [0.25, 0.3) is 5.91 Å². The molecule has 37 heavy (non-hydrogen) atoms. The molecule has 5 rings (SSSR count). The van der Waals surface area contributed by atoms with Crippen LogP contribution in [0.25, 0.3) is 10.8 Å². The lowest BCUT2D eigenvalue weighted by Crippen LogP contribution is -2.51. The van der Waals surface area contributed by atoms with E-state index < -0.39 is 17.5 Å². The third kappa shape index (κ3) is 5.23. The number of nitrogens with one attached hydrogen (secondary N) is 2. The molecule has 0 unspecified atom stereocenters. The highest BCUT2D eigenvalue weighted by molar-refractivity contribution is 6.09. The summed E-state index contributed by atoms with van der Waals surface area (Å²) in [5, 5.41) is 8.08. The van der Waals surface area contributed by atoms with Crippen LogP contribution in [0.2, 0.25) is 0 Å². The molecule has 0 spiro atoms. The van der Waals surface area contributed by atoms with Gasteiger partial charge < -0.3 is 10.6 Å². The van der Waals surface area contributed by atoms with Gasteiger partial charge >= 0.3 is 6.03 Å². The van der Waals surface area contributed by atoms with Crippen molar-refractivity contribution < 1.29 is 14.4 Å². The Morgan fingerprint density at radius 2 is 1.38 bits per heavy atom. The first kappa shape index (κ1) is 24.3. The molecule has 0 aliphatic carbocycles. The summed E-state index contributed by atoms with van der Waals surface area (Å²) in [7, 11) is 0. The van der Waals surface area contributed by atoms with E-state index in [1.807, 2.05) is 110 Å². The van der Waals surface area contributed by atoms with Gasteiger partial charge in [0.15, 0.2) is 0 Å². The molecular weight excluding hydrogens is 462 g/mol. The van der Waals surface area contributed by atoms with Crippen LogP contribution in [0.3, 0.4) is 0 Å². The van der Waals surface area contributed by atoms with Crippen molar-refractivity contribution in [3.05, 3.63) is 120 Å². The summed E-state index contributed by atoms with van der Waals surface area (Å²) >= 11 is 0. The summed E-state index contributed by atoms with van der Waals surface area (Å²) in [5.74, 6) is -0.780. The minimum Gasteiger partial charge on any atom is -0.348 e. The number of carbonyl (C=O) groups excluding carboxylic acids is 3. The number of hydrogen-bond acceptors (Lipinski definition) is 3. The molecule has 0 bridgehead atoms. The molecule has 4 aromatic rings. The number of urea groups is 1. The zero-order valence-corrected chi connectivity index (χ0v) is 20.7. The van der Waals surface area contributed by atoms with Crippen molar-refractivity contribution >= 4 is 28.6 Å². The Balaban J connectivity index is 1.33. The molecular formula is C31H29N3O3. The fourth-order valence-electron chi connectivity index (χ4n) is 5.00. The third-order valence-electron chi connectivity index (χ3n) is 6.90. The van der Waals surface area contributed by atoms with Gasteiger partial charge in [0, 0.05) is 12.8 Å². The second-order valence-electron chi connectivity index (χ2n) is 9.62. The minimum atomic E-state index is -1.16. The Morgan fingerprint density at radius 3 is 2.00 bits per heavy atom. The van der Waals surface area contributed by atoms with E-state index in [2.05, 4.69) is 10.6 Å². The van der Waals surface area contributed by atoms with E-state index in [1.54, 1.807) is 0 Å². The lowest BCUT2D eigenvalue weighted by atomic mass is 9.84. The summed E-state index contributed by atoms with van der Waals surface area (Å²) in [6.07, 6.45) is 0.665. The van der Waals surface area contributed by atoms with E-state index in [0.29, 0.717) is 12.8 Å². The molecule has 186 valence electrons. The van der Waals surface area contributed by atoms with E-state index in [-0.39, 0.29) is 18.5 Å². The van der Waals surface area contributed by atoms with Gasteiger partial charge in [0.05, 0.1) is 6.04 Å². The maximum Gasteiger partial charge on any atom is 0.325 e. The average Bonchev–Trinajstić information content (AvgIpc) is 3.13. The zero-order valence-electron chi connectivity index (χ0n) is 20.7. The second-order valence-corrected chi connectivity index (χ2v) is 9.62. The lowest BCUT2D eigenvalue weighted by Gasteiger charge is -2.27. The quantitative estimate of drug-likeness (QED) is 0.348. The van der Waals surface area contributed by atoms with Gasteiger partial charge in [-0.15, -0.1) is 0 Å². The van der Waals surface area contributed by atoms with E-state index in [0.717, 1.165) is 32.4 Å². The predicted octanol–water partition coefficient (Wildman–Crippen LogP) is 4.79. The number of nitrogens with zero attached hydrogens (tertiary/aromatic N) is 1. The third-order valence-corrected chi connectivity index (χ3v) is 6.90. The van der Waals surface area contributed by atoms with Crippen molar-refractivity contribution in [1.29, 1.82) is 0 Å². The Morgan fingerprint density at radius 1 is 0.811 bits per heavy atom. The Kier molecular flexibility index (Phi) is 6.73. The maximum atomic E-state index is 13.7. The number of imide groups is 1. The Hall–Kier alpha value is -4.45. The standard InChI is InChI=1S/C31H29N3O3/c1-22(26-17-16-25-14-8-9-15-27(25)18-26)32-28(35)21-34-29(36)31(33-30(34)37,19-23-10-4-2-5-11-23)20-24-12-6-3-7-13-24/h2-18,22H,19-21H2,1H3,(H,32,35)(H,33,37)/t22-/m1/s1. The van der Waals surface area contributed by atoms with Gasteiger partial charge in [-0.2, -0.15) is 0 Å². The van der Waals surface area contributed by atoms with E-state index >= 15 is 0 Å². The van der Waals surface area contributed by atoms with E-state index in [9.17, 15) is 14.4 Å². The van der Waals surface area contributed by atoms with Gasteiger partial charge in [-0.25, -0.2) is 4.79 Å². The van der Waals surface area contributed by atoms with Gasteiger partial charge in [-0.05, 0) is 40.5 Å². The van der Waals surface area contributed by atoms with Crippen LogP contribution in [-0.2, 0) is 22.4 Å². The van der Waals surface area contributed by atoms with Gasteiger partial charge in [0.1, 0.15) is 12.1 Å². The molecule has 1 heterocycles. The number of carbonyl (C=O) groups is 3. The Labute approximate surface area is 216 Å². The van der Waals surface area contributed by atoms with E-state index in [1.165, 1.54) is 0 Å². The highest BCUT2D eigenvalue weighted by Gasteiger charge is 2.51. The van der Waals surface area contributed by atoms with Crippen molar-refractivity contribution in [2.24, 2.45) is 0 Å². The van der Waals surface area contributed by atoms with Gasteiger partial charge in [-0.3, -0.25) is 14.5 Å². The zero-order chi connectivity index (χ0) is 25.8. The molecule has 1 saturated heterocycles. The van der Waals surface area contributed by atoms with Crippen LogP contribution in [-0.4, -0.2) is 34.8 Å². The van der Waals surface area contributed by atoms with Crippen LogP contribution < -0.4 is 10.6 Å². The molecule has 4 amide bonds. The van der Waals surface area contributed by atoms with Crippen molar-refractivity contribution in [1.82, 2.24) is 15.5 Å². The fraction of sp³-hybridized carbons (Fsp3) is 0.194. The summed E-state index contributed by atoms with van der Waals surface area (Å²) in [6, 6.07) is 32.4. The maximum absolute atomic E-state index is 13.7. The number of benzene rings is 4. The molecule has 0 aromatic heterocycles. The first-order valence-electron chi connectivity index (χ1n) is 12.4. The molecule has 6 heteroatoms. The largest absolute Gasteiger partial charge is 0.348 e. The minimum absolute atomic E-state index is 0.281. The molecule has 0 radical (unpaired) electrons. The molecule has 1 fully saturated rings. The molecule has 1 aliphatic heterocycles. The summed E-state index contributed by atoms with van der Waals surface area (Å²) < 4.78 is 0. The highest BCUT2D eigenvalue weighted by atomic mass is 16.2. The molecule has 2 N–H and O–H groups in total. The highest BCUT2D eigenvalue weighted by Crippen LogP contribution is 2.27. The van der Waals surface area contributed by atoms with Gasteiger partial charge in [-0.1, -0.05) is 97.1 Å². The smallest absolute Gasteiger partial charge is 0.325 e. The lowest BCUT2D eigenvalue weighted by molar-refractivity contribution is -0.135. The van der Waals surface area contributed by atoms with Crippen molar-refractivity contribution in [2.75, 3.05) is 6.54 Å². The van der Waals surface area contributed by atoms with Gasteiger partial charge in [0.2, 0.25) is 5.91 Å². The van der Waals surface area contributed by atoms with Crippen molar-refractivity contribution in [3.8, 4) is 0 Å². The van der Waals surface area contributed by atoms with Crippen LogP contribution in [0.1, 0.15) is 29.7 Å². The Bertz CT molecular complexity index is 1390. The average molecular weight is 492 g/mol. The summed E-state index contributed by atoms with van der Waals surface area (Å²) in [5.41, 5.74) is 1.66. The predicted molar refractivity (Wildman–Crippen MR) is 144 cm³/mol. The number of fused-ring (bicyclic) bond motifs is 1. The topological polar surface area (TPSA) is 78.5 Å². The molecule has 1 aliphatic rings. The molecule has 4 aromatic carbocycles. The van der Waals surface area contributed by atoms with Crippen LogP contribution in [0.5, 0.6) is 0 Å². The summed E-state index contributed by atoms with van der Waals surface area (Å²) in [4.78, 5) is 40.8. The normalized spacial score (nSPS) is 15.4. The number of hydrogen-bond donors (Lipinski definition) is 2. The SMILES string of the molecule is C[C@@H](NC(=O)CN1C(=O)NC(Cc2ccccc2)(Cc2ccccc2)C1=O)c1ccc2ccccc2c1. The first-order chi connectivity index (χ1) is 17.9. The molecule has 0 saturated carbocycles. The van der Waals surface area contributed by atoms with Crippen LogP contribution in [0, 0.1) is 0 Å². The monoisotopic (exact) mass is 491 g/mol. The van der Waals surface area contributed by atoms with Crippen molar-refractivity contribution in [2.45, 2.75) is 31.3 Å². The first-order valence-corrected chi connectivity index (χ1v) is 12.4. The van der Waals surface area contributed by atoms with Crippen molar-refractivity contribution in [3.63, 3.8) is 0 Å². The van der Waals surface area contributed by atoms with E-state index in [4.69, 9.17) is 0 Å². The van der Waals surface area contributed by atoms with Crippen LogP contribution in [0.15, 0.2) is 103 Å². The van der Waals surface area contributed by atoms with Crippen LogP contribution in [0.4, 0.5) is 4.79 Å².